The van der Waals surface area contributed by atoms with Crippen LogP contribution in [0.2, 0.25) is 0 Å². The Kier molecular flexibility index (Phi) is 9.32. The summed E-state index contributed by atoms with van der Waals surface area (Å²) in [5.74, 6) is 0. The summed E-state index contributed by atoms with van der Waals surface area (Å²) in [5, 5.41) is 2.86. The van der Waals surface area contributed by atoms with Gasteiger partial charge in [-0.1, -0.05) is 0 Å². The molecule has 6 heteroatoms. The standard InChI is InChI=1S/C25H25N2O3Se/c28-25(30-18-22-14-8-3-9-15-22)27-23(19-29-17-21-12-6-2-7-13-21)24(31)26-16-20-10-4-1-5-11-20/h1-15,23H,16-19H2,(H,27,28)/t23-/m0/s1. The van der Waals surface area contributed by atoms with Crippen LogP contribution >= 0.6 is 0 Å². The van der Waals surface area contributed by atoms with E-state index >= 15 is 0 Å². The molecule has 5 nitrogen and oxygen atoms in total. The molecule has 0 aliphatic heterocycles. The van der Waals surface area contributed by atoms with Gasteiger partial charge in [0.05, 0.1) is 0 Å². The van der Waals surface area contributed by atoms with Gasteiger partial charge in [0.15, 0.2) is 0 Å². The molecule has 1 radical (unpaired) electrons. The number of carbonyl (C=O) groups is 1. The van der Waals surface area contributed by atoms with Gasteiger partial charge in [-0.15, -0.1) is 0 Å². The maximum atomic E-state index is 12.4. The van der Waals surface area contributed by atoms with Crippen LogP contribution < -0.4 is 5.32 Å². The molecule has 0 unspecified atom stereocenters. The molecule has 0 aliphatic carbocycles. The van der Waals surface area contributed by atoms with Crippen LogP contribution in [0.1, 0.15) is 16.7 Å². The summed E-state index contributed by atoms with van der Waals surface area (Å²) in [6.45, 7) is 1.44. The van der Waals surface area contributed by atoms with Crippen LogP contribution in [0, 0.1) is 0 Å². The Morgan fingerprint density at radius 3 is 1.90 bits per heavy atom. The Morgan fingerprint density at radius 1 is 0.806 bits per heavy atom. The molecular formula is C25H25N2O3Se. The molecule has 1 atom stereocenters. The first-order chi connectivity index (χ1) is 15.2. The molecule has 159 valence electrons. The summed E-state index contributed by atoms with van der Waals surface area (Å²) < 4.78 is 11.9. The summed E-state index contributed by atoms with van der Waals surface area (Å²) in [6.07, 6.45) is -0.514. The Labute approximate surface area is 191 Å². The number of hydrogen-bond donors (Lipinski definition) is 1. The molecule has 1 N–H and O–H groups in total. The molecule has 0 aromatic heterocycles. The van der Waals surface area contributed by atoms with Gasteiger partial charge in [0.25, 0.3) is 0 Å². The van der Waals surface area contributed by atoms with Crippen molar-refractivity contribution >= 4 is 26.7 Å². The van der Waals surface area contributed by atoms with Crippen molar-refractivity contribution in [3.8, 4) is 0 Å². The van der Waals surface area contributed by atoms with Gasteiger partial charge in [-0.25, -0.2) is 0 Å². The van der Waals surface area contributed by atoms with Crippen LogP contribution in [0.25, 0.3) is 0 Å². The fourth-order valence-corrected chi connectivity index (χ4v) is 3.22. The fraction of sp³-hybridized carbons (Fsp3) is 0.200. The quantitative estimate of drug-likeness (QED) is 0.349. The molecule has 0 saturated heterocycles. The van der Waals surface area contributed by atoms with E-state index in [2.05, 4.69) is 26.3 Å². The van der Waals surface area contributed by atoms with Crippen molar-refractivity contribution in [3.05, 3.63) is 108 Å². The second-order valence-corrected chi connectivity index (χ2v) is 7.78. The number of alkyl carbamates (subject to hydrolysis) is 1. The number of amides is 1. The molecule has 0 heterocycles. The minimum atomic E-state index is -0.514. The average molecular weight is 480 g/mol. The number of carbonyl (C=O) groups excluding carboxylic acids is 1. The third kappa shape index (κ3) is 8.38. The van der Waals surface area contributed by atoms with E-state index in [1.807, 2.05) is 91.0 Å². The van der Waals surface area contributed by atoms with Gasteiger partial charge in [0.2, 0.25) is 0 Å². The van der Waals surface area contributed by atoms with Gasteiger partial charge < -0.3 is 0 Å². The van der Waals surface area contributed by atoms with Crippen molar-refractivity contribution in [1.29, 1.82) is 0 Å². The monoisotopic (exact) mass is 481 g/mol. The van der Waals surface area contributed by atoms with Crippen LogP contribution in [0.4, 0.5) is 4.79 Å². The summed E-state index contributed by atoms with van der Waals surface area (Å²) >= 11 is 2.97. The normalized spacial score (nSPS) is 12.2. The van der Waals surface area contributed by atoms with Crippen molar-refractivity contribution in [2.75, 3.05) is 6.61 Å². The van der Waals surface area contributed by atoms with E-state index in [0.717, 1.165) is 16.7 Å². The molecule has 3 aromatic rings. The van der Waals surface area contributed by atoms with Crippen LogP contribution in [0.5, 0.6) is 0 Å². The van der Waals surface area contributed by atoms with Crippen LogP contribution in [0.3, 0.4) is 0 Å². The van der Waals surface area contributed by atoms with E-state index in [1.54, 1.807) is 0 Å². The minimum absolute atomic E-state index is 0.203. The molecular weight excluding hydrogens is 455 g/mol. The first-order valence-electron chi connectivity index (χ1n) is 10.0. The second kappa shape index (κ2) is 12.7. The summed E-state index contributed by atoms with van der Waals surface area (Å²) in [5.41, 5.74) is 3.08. The zero-order valence-corrected chi connectivity index (χ0v) is 18.9. The number of hydrogen-bond acceptors (Lipinski definition) is 4. The van der Waals surface area contributed by atoms with Crippen LogP contribution in [0.15, 0.2) is 96.0 Å². The van der Waals surface area contributed by atoms with Gasteiger partial charge in [-0.2, -0.15) is 0 Å². The molecule has 3 aromatic carbocycles. The van der Waals surface area contributed by atoms with Crippen molar-refractivity contribution in [2.24, 2.45) is 4.99 Å². The van der Waals surface area contributed by atoms with Gasteiger partial charge in [0, 0.05) is 0 Å². The second-order valence-electron chi connectivity index (χ2n) is 6.90. The number of rotatable bonds is 10. The number of nitrogens with zero attached hydrogens (tertiary/aromatic N) is 1. The third-order valence-corrected chi connectivity index (χ3v) is 5.33. The predicted octanol–water partition coefficient (Wildman–Crippen LogP) is 4.27. The Balaban J connectivity index is 1.58. The molecule has 0 bridgehead atoms. The molecule has 3 rings (SSSR count). The summed E-state index contributed by atoms with van der Waals surface area (Å²) in [7, 11) is 0. The Bertz CT molecular complexity index is 950. The van der Waals surface area contributed by atoms with Gasteiger partial charge >= 0.3 is 191 Å². The third-order valence-electron chi connectivity index (χ3n) is 4.46. The molecule has 31 heavy (non-hydrogen) atoms. The Hall–Kier alpha value is -2.92. The van der Waals surface area contributed by atoms with Gasteiger partial charge in [0.1, 0.15) is 0 Å². The van der Waals surface area contributed by atoms with Crippen LogP contribution in [-0.2, 0) is 29.2 Å². The van der Waals surface area contributed by atoms with Gasteiger partial charge in [-0.3, -0.25) is 0 Å². The molecule has 1 amide bonds. The first kappa shape index (κ1) is 22.8. The Morgan fingerprint density at radius 2 is 1.32 bits per heavy atom. The van der Waals surface area contributed by atoms with Crippen molar-refractivity contribution in [1.82, 2.24) is 5.32 Å². The van der Waals surface area contributed by atoms with E-state index < -0.39 is 12.1 Å². The number of benzene rings is 3. The summed E-state index contributed by atoms with van der Waals surface area (Å²) in [6, 6.07) is 29.0. The number of nitrogens with one attached hydrogen (secondary N) is 1. The molecule has 0 aliphatic rings. The first-order valence-corrected chi connectivity index (χ1v) is 10.9. The van der Waals surface area contributed by atoms with E-state index in [1.165, 1.54) is 0 Å². The number of aliphatic imine (C=N–C) groups is 1. The van der Waals surface area contributed by atoms with Gasteiger partial charge in [-0.05, 0) is 0 Å². The molecule has 0 saturated carbocycles. The maximum absolute atomic E-state index is 12.4. The van der Waals surface area contributed by atoms with E-state index in [0.29, 0.717) is 17.8 Å². The summed E-state index contributed by atoms with van der Waals surface area (Å²) in [4.78, 5) is 17.0. The average Bonchev–Trinajstić information content (AvgIpc) is 2.82. The molecule has 0 spiro atoms. The van der Waals surface area contributed by atoms with Crippen molar-refractivity contribution in [3.63, 3.8) is 0 Å². The van der Waals surface area contributed by atoms with E-state index in [4.69, 9.17) is 9.47 Å². The predicted molar refractivity (Wildman–Crippen MR) is 123 cm³/mol. The SMILES string of the molecule is O=C(N[C@@H](COCc1ccccc1)C([Se])=NCc1ccccc1)OCc1ccccc1. The number of ether oxygens (including phenoxy) is 2. The fourth-order valence-electron chi connectivity index (χ4n) is 2.81. The van der Waals surface area contributed by atoms with E-state index in [9.17, 15) is 4.79 Å². The van der Waals surface area contributed by atoms with Crippen LogP contribution in [-0.4, -0.2) is 39.4 Å². The topological polar surface area (TPSA) is 59.9 Å². The molecule has 0 fully saturated rings. The zero-order valence-electron chi connectivity index (χ0n) is 17.1. The van der Waals surface area contributed by atoms with Crippen molar-refractivity contribution < 1.29 is 14.3 Å². The van der Waals surface area contributed by atoms with E-state index in [-0.39, 0.29) is 13.2 Å². The zero-order chi connectivity index (χ0) is 21.7. The van der Waals surface area contributed by atoms with Crippen molar-refractivity contribution in [2.45, 2.75) is 25.8 Å².